The molecule has 3 fully saturated rings. The van der Waals surface area contributed by atoms with Gasteiger partial charge in [0.05, 0.1) is 12.2 Å². The van der Waals surface area contributed by atoms with Gasteiger partial charge in [0.2, 0.25) is 0 Å². The highest BCUT2D eigenvalue weighted by Gasteiger charge is 2.59. The van der Waals surface area contributed by atoms with E-state index in [1.165, 1.54) is 19.3 Å². The molecule has 4 atom stereocenters. The van der Waals surface area contributed by atoms with E-state index in [0.717, 1.165) is 24.0 Å². The highest BCUT2D eigenvalue weighted by molar-refractivity contribution is 5.07. The molecule has 0 aromatic rings. The summed E-state index contributed by atoms with van der Waals surface area (Å²) in [7, 11) is 0. The first-order valence-electron chi connectivity index (χ1n) is 3.60. The van der Waals surface area contributed by atoms with Crippen LogP contribution in [0.2, 0.25) is 0 Å². The van der Waals surface area contributed by atoms with E-state index in [1.807, 2.05) is 0 Å². The van der Waals surface area contributed by atoms with Gasteiger partial charge in [-0.15, -0.1) is 0 Å². The molecule has 2 aliphatic carbocycles. The van der Waals surface area contributed by atoms with Crippen LogP contribution in [0.4, 0.5) is 0 Å². The molecule has 8 heavy (non-hydrogen) atoms. The van der Waals surface area contributed by atoms with Gasteiger partial charge in [0.15, 0.2) is 0 Å². The lowest BCUT2D eigenvalue weighted by molar-refractivity contribution is 0.264. The summed E-state index contributed by atoms with van der Waals surface area (Å²) in [6, 6.07) is 0. The van der Waals surface area contributed by atoms with E-state index in [4.69, 9.17) is 4.74 Å². The van der Waals surface area contributed by atoms with Crippen LogP contribution in [-0.2, 0) is 4.74 Å². The van der Waals surface area contributed by atoms with Crippen LogP contribution >= 0.6 is 0 Å². The average molecular weight is 110 g/mol. The zero-order valence-corrected chi connectivity index (χ0v) is 4.84. The van der Waals surface area contributed by atoms with E-state index < -0.39 is 0 Å². The zero-order valence-electron chi connectivity index (χ0n) is 4.84. The van der Waals surface area contributed by atoms with Crippen LogP contribution in [-0.4, -0.2) is 12.2 Å². The first-order chi connectivity index (χ1) is 3.95. The number of fused-ring (bicyclic) bond motifs is 5. The molecule has 1 heterocycles. The molecule has 0 N–H and O–H groups in total. The second kappa shape index (κ2) is 0.971. The number of hydrogen-bond donors (Lipinski definition) is 0. The van der Waals surface area contributed by atoms with Gasteiger partial charge in [-0.05, 0) is 31.1 Å². The fourth-order valence-corrected chi connectivity index (χ4v) is 2.54. The predicted octanol–water partition coefficient (Wildman–Crippen LogP) is 1.18. The first-order valence-corrected chi connectivity index (χ1v) is 3.60. The van der Waals surface area contributed by atoms with E-state index in [9.17, 15) is 0 Å². The van der Waals surface area contributed by atoms with Gasteiger partial charge >= 0.3 is 0 Å². The van der Waals surface area contributed by atoms with Crippen molar-refractivity contribution in [2.75, 3.05) is 0 Å². The van der Waals surface area contributed by atoms with Gasteiger partial charge in [-0.3, -0.25) is 0 Å². The third kappa shape index (κ3) is 0.278. The number of epoxide rings is 1. The fraction of sp³-hybridized carbons (Fsp3) is 1.00. The number of rotatable bonds is 0. The summed E-state index contributed by atoms with van der Waals surface area (Å²) in [6.45, 7) is 0. The standard InChI is InChI=1S/C7H10O/c1-2-5-3-4(1)6-7(5)8-6/h4-7H,1-3H2/t4-,5+,6-,7+. The molecular formula is C7H10O. The Morgan fingerprint density at radius 3 is 2.00 bits per heavy atom. The van der Waals surface area contributed by atoms with Crippen molar-refractivity contribution in [3.63, 3.8) is 0 Å². The molecule has 1 nitrogen and oxygen atoms in total. The Morgan fingerprint density at radius 2 is 1.62 bits per heavy atom. The average Bonchev–Trinajstić information content (AvgIpc) is 2.39. The van der Waals surface area contributed by atoms with Crippen LogP contribution < -0.4 is 0 Å². The van der Waals surface area contributed by atoms with Gasteiger partial charge in [0.1, 0.15) is 0 Å². The molecule has 0 aromatic heterocycles. The SMILES string of the molecule is C1C[C@H]2C[C@@H]1[C@H]1O[C@@H]21. The quantitative estimate of drug-likeness (QED) is 0.427. The molecule has 1 aliphatic heterocycles. The minimum absolute atomic E-state index is 0.744. The Balaban J connectivity index is 2.02. The smallest absolute Gasteiger partial charge is 0.0872 e. The van der Waals surface area contributed by atoms with Gasteiger partial charge in [0.25, 0.3) is 0 Å². The minimum Gasteiger partial charge on any atom is -0.369 e. The Morgan fingerprint density at radius 1 is 1.00 bits per heavy atom. The maximum absolute atomic E-state index is 5.44. The van der Waals surface area contributed by atoms with Gasteiger partial charge < -0.3 is 4.74 Å². The second-order valence-corrected chi connectivity index (χ2v) is 3.40. The van der Waals surface area contributed by atoms with E-state index in [-0.39, 0.29) is 0 Å². The molecule has 1 heteroatoms. The molecule has 44 valence electrons. The summed E-state index contributed by atoms with van der Waals surface area (Å²) < 4.78 is 5.44. The van der Waals surface area contributed by atoms with Crippen LogP contribution in [0.25, 0.3) is 0 Å². The topological polar surface area (TPSA) is 12.5 Å². The third-order valence-electron chi connectivity index (χ3n) is 3.00. The van der Waals surface area contributed by atoms with Crippen molar-refractivity contribution in [3.05, 3.63) is 0 Å². The zero-order chi connectivity index (χ0) is 5.14. The summed E-state index contributed by atoms with van der Waals surface area (Å²) in [5, 5.41) is 0. The summed E-state index contributed by atoms with van der Waals surface area (Å²) in [5.74, 6) is 1.98. The van der Waals surface area contributed by atoms with Crippen molar-refractivity contribution in [1.29, 1.82) is 0 Å². The van der Waals surface area contributed by atoms with Gasteiger partial charge in [0, 0.05) is 0 Å². The fourth-order valence-electron chi connectivity index (χ4n) is 2.54. The van der Waals surface area contributed by atoms with Crippen molar-refractivity contribution >= 4 is 0 Å². The van der Waals surface area contributed by atoms with Crippen LogP contribution in [0.5, 0.6) is 0 Å². The van der Waals surface area contributed by atoms with E-state index in [2.05, 4.69) is 0 Å². The predicted molar refractivity (Wildman–Crippen MR) is 29.5 cm³/mol. The van der Waals surface area contributed by atoms with Crippen molar-refractivity contribution < 1.29 is 4.74 Å². The molecule has 0 unspecified atom stereocenters. The van der Waals surface area contributed by atoms with E-state index in [0.29, 0.717) is 0 Å². The highest BCUT2D eigenvalue weighted by atomic mass is 16.6. The maximum atomic E-state index is 5.44. The molecule has 2 saturated carbocycles. The van der Waals surface area contributed by atoms with Crippen molar-refractivity contribution in [3.8, 4) is 0 Å². The first kappa shape index (κ1) is 3.89. The number of ether oxygens (including phenoxy) is 1. The Hall–Kier alpha value is -0.0400. The monoisotopic (exact) mass is 110 g/mol. The molecule has 0 amide bonds. The molecular weight excluding hydrogens is 100 g/mol. The maximum Gasteiger partial charge on any atom is 0.0872 e. The molecule has 1 saturated heterocycles. The number of hydrogen-bond acceptors (Lipinski definition) is 1. The summed E-state index contributed by atoms with van der Waals surface area (Å²) in [4.78, 5) is 0. The Bertz CT molecular complexity index is 118. The van der Waals surface area contributed by atoms with Gasteiger partial charge in [-0.1, -0.05) is 0 Å². The van der Waals surface area contributed by atoms with Gasteiger partial charge in [-0.2, -0.15) is 0 Å². The lowest BCUT2D eigenvalue weighted by Crippen LogP contribution is -2.04. The van der Waals surface area contributed by atoms with E-state index >= 15 is 0 Å². The van der Waals surface area contributed by atoms with Gasteiger partial charge in [-0.25, -0.2) is 0 Å². The highest BCUT2D eigenvalue weighted by Crippen LogP contribution is 2.55. The largest absolute Gasteiger partial charge is 0.369 e. The minimum atomic E-state index is 0.744. The van der Waals surface area contributed by atoms with Crippen molar-refractivity contribution in [1.82, 2.24) is 0 Å². The van der Waals surface area contributed by atoms with E-state index in [1.54, 1.807) is 0 Å². The van der Waals surface area contributed by atoms with Crippen molar-refractivity contribution in [2.24, 2.45) is 11.8 Å². The Kier molecular flexibility index (Phi) is 0.472. The van der Waals surface area contributed by atoms with Crippen LogP contribution in [0.1, 0.15) is 19.3 Å². The second-order valence-electron chi connectivity index (χ2n) is 3.40. The third-order valence-corrected chi connectivity index (χ3v) is 3.00. The molecule has 2 bridgehead atoms. The molecule has 0 aromatic carbocycles. The lowest BCUT2D eigenvalue weighted by atomic mass is 10.0. The molecule has 3 rings (SSSR count). The normalized spacial score (nSPS) is 66.0. The molecule has 0 radical (unpaired) electrons. The van der Waals surface area contributed by atoms with Crippen molar-refractivity contribution in [2.45, 2.75) is 31.5 Å². The lowest BCUT2D eigenvalue weighted by Gasteiger charge is -1.99. The summed E-state index contributed by atoms with van der Waals surface area (Å²) in [5.41, 5.74) is 0. The van der Waals surface area contributed by atoms with Crippen LogP contribution in [0.3, 0.4) is 0 Å². The molecule has 3 aliphatic rings. The Labute approximate surface area is 49.0 Å². The van der Waals surface area contributed by atoms with Crippen LogP contribution in [0, 0.1) is 11.8 Å². The molecule has 0 spiro atoms. The van der Waals surface area contributed by atoms with Crippen LogP contribution in [0.15, 0.2) is 0 Å². The summed E-state index contributed by atoms with van der Waals surface area (Å²) >= 11 is 0. The summed E-state index contributed by atoms with van der Waals surface area (Å²) in [6.07, 6.45) is 5.91.